The third kappa shape index (κ3) is 10.6. The summed E-state index contributed by atoms with van der Waals surface area (Å²) in [7, 11) is -1.86. The van der Waals surface area contributed by atoms with Crippen LogP contribution in [0.5, 0.6) is 0 Å². The van der Waals surface area contributed by atoms with E-state index in [1.54, 1.807) is 18.4 Å². The van der Waals surface area contributed by atoms with Gasteiger partial charge in [0, 0.05) is 53.8 Å². The molecular weight excluding hydrogens is 784 g/mol. The fraction of sp³-hybridized carbons (Fsp3) is 0.231. The van der Waals surface area contributed by atoms with Crippen molar-refractivity contribution in [3.05, 3.63) is 129 Å². The number of esters is 1. The van der Waals surface area contributed by atoms with Gasteiger partial charge in [-0.1, -0.05) is 60.7 Å². The van der Waals surface area contributed by atoms with E-state index in [1.165, 1.54) is 30.7 Å². The summed E-state index contributed by atoms with van der Waals surface area (Å²) in [5.74, 6) is -0.806. The first kappa shape index (κ1) is 41.1. The number of alkyl halides is 3. The molecule has 57 heavy (non-hydrogen) atoms. The highest BCUT2D eigenvalue weighted by Crippen LogP contribution is 2.42. The fourth-order valence-electron chi connectivity index (χ4n) is 5.45. The molecule has 0 saturated carbocycles. The maximum absolute atomic E-state index is 13.9. The monoisotopic (exact) mass is 820 g/mol. The van der Waals surface area contributed by atoms with Gasteiger partial charge in [0.25, 0.3) is 0 Å². The van der Waals surface area contributed by atoms with E-state index < -0.39 is 37.9 Å². The summed E-state index contributed by atoms with van der Waals surface area (Å²) in [6, 6.07) is 21.4. The van der Waals surface area contributed by atoms with Crippen molar-refractivity contribution in [2.75, 3.05) is 25.1 Å². The molecule has 2 aromatic carbocycles. The number of fused-ring (bicyclic) bond motifs is 1. The van der Waals surface area contributed by atoms with E-state index in [0.29, 0.717) is 6.54 Å². The van der Waals surface area contributed by atoms with Gasteiger partial charge in [0.2, 0.25) is 5.43 Å². The molecule has 4 aromatic heterocycles. The number of nitrogens with zero attached hydrogens (tertiary/aromatic N) is 4. The normalized spacial score (nSPS) is 11.5. The molecule has 13 nitrogen and oxygen atoms in total. The van der Waals surface area contributed by atoms with Gasteiger partial charge in [0.05, 0.1) is 31.8 Å². The molecule has 0 spiro atoms. The Labute approximate surface area is 329 Å². The molecule has 6 aromatic rings. The van der Waals surface area contributed by atoms with Gasteiger partial charge in [-0.05, 0) is 37.1 Å². The number of ether oxygens (including phenoxy) is 1. The number of anilines is 1. The third-order valence-electron chi connectivity index (χ3n) is 8.11. The number of aromatic nitrogens is 4. The second-order valence-electron chi connectivity index (χ2n) is 12.1. The van der Waals surface area contributed by atoms with Gasteiger partial charge >= 0.3 is 26.8 Å². The van der Waals surface area contributed by atoms with E-state index in [1.807, 2.05) is 60.7 Å². The van der Waals surface area contributed by atoms with E-state index in [4.69, 9.17) is 18.3 Å². The van der Waals surface area contributed by atoms with Crippen molar-refractivity contribution >= 4 is 48.8 Å². The summed E-state index contributed by atoms with van der Waals surface area (Å²) in [6.45, 7) is 4.26. The minimum atomic E-state index is -4.70. The number of amides is 2. The van der Waals surface area contributed by atoms with Gasteiger partial charge in [-0.15, -0.1) is 11.3 Å². The van der Waals surface area contributed by atoms with Crippen LogP contribution in [0, 0.1) is 0 Å². The lowest BCUT2D eigenvalue weighted by Crippen LogP contribution is -2.28. The van der Waals surface area contributed by atoms with Crippen LogP contribution >= 0.6 is 19.9 Å². The first-order chi connectivity index (χ1) is 27.5. The van der Waals surface area contributed by atoms with Crippen molar-refractivity contribution in [2.24, 2.45) is 0 Å². The number of urea groups is 1. The molecule has 296 valence electrons. The van der Waals surface area contributed by atoms with Crippen LogP contribution in [0.25, 0.3) is 32.7 Å². The van der Waals surface area contributed by atoms with Crippen LogP contribution in [0.1, 0.15) is 41.0 Å². The van der Waals surface area contributed by atoms with Gasteiger partial charge in [-0.3, -0.25) is 10.1 Å². The molecule has 18 heteroatoms. The first-order valence-electron chi connectivity index (χ1n) is 17.6. The lowest BCUT2D eigenvalue weighted by molar-refractivity contribution is -0.140. The molecule has 0 aliphatic carbocycles. The number of benzene rings is 2. The molecule has 0 radical (unpaired) electrons. The van der Waals surface area contributed by atoms with Crippen LogP contribution < -0.4 is 16.1 Å². The summed E-state index contributed by atoms with van der Waals surface area (Å²) in [5.41, 5.74) is 0.740. The highest BCUT2D eigenvalue weighted by atomic mass is 32.1. The van der Waals surface area contributed by atoms with Gasteiger partial charge in [-0.2, -0.15) is 13.2 Å². The van der Waals surface area contributed by atoms with Crippen LogP contribution in [0.15, 0.2) is 102 Å². The molecule has 0 saturated heterocycles. The lowest BCUT2D eigenvalue weighted by Gasteiger charge is -2.18. The van der Waals surface area contributed by atoms with E-state index >= 15 is 0 Å². The molecule has 0 aliphatic rings. The van der Waals surface area contributed by atoms with E-state index in [0.717, 1.165) is 27.8 Å². The summed E-state index contributed by atoms with van der Waals surface area (Å²) < 4.78 is 65.7. The Kier molecular flexibility index (Phi) is 13.7. The number of nitrogens with one attached hydrogen (secondary N) is 2. The predicted molar refractivity (Wildman–Crippen MR) is 209 cm³/mol. The van der Waals surface area contributed by atoms with Crippen LogP contribution in [0.2, 0.25) is 0 Å². The second-order valence-corrected chi connectivity index (χ2v) is 14.2. The Hall–Kier alpha value is -5.58. The number of carbonyl (C=O) groups is 2. The van der Waals surface area contributed by atoms with Crippen molar-refractivity contribution < 1.29 is 41.1 Å². The highest BCUT2D eigenvalue weighted by molar-refractivity contribution is 7.41. The minimum absolute atomic E-state index is 0.0128. The molecule has 2 amide bonds. The number of carbonyl (C=O) groups excluding carboxylic acids is 2. The highest BCUT2D eigenvalue weighted by Gasteiger charge is 2.34. The van der Waals surface area contributed by atoms with E-state index in [9.17, 15) is 27.6 Å². The number of halogens is 3. The fourth-order valence-corrected chi connectivity index (χ4v) is 7.27. The summed E-state index contributed by atoms with van der Waals surface area (Å²) in [4.78, 5) is 51.9. The lowest BCUT2D eigenvalue weighted by atomic mass is 10.0. The molecule has 0 aliphatic heterocycles. The Bertz CT molecular complexity index is 2340. The van der Waals surface area contributed by atoms with Crippen LogP contribution in [0.4, 0.5) is 23.8 Å². The van der Waals surface area contributed by atoms with Gasteiger partial charge < -0.3 is 28.2 Å². The van der Waals surface area contributed by atoms with Crippen molar-refractivity contribution in [3.8, 4) is 21.7 Å². The Morgan fingerprint density at radius 1 is 0.895 bits per heavy atom. The topological polar surface area (TPSA) is 156 Å². The minimum Gasteiger partial charge on any atom is -0.462 e. The zero-order chi connectivity index (χ0) is 40.4. The quantitative estimate of drug-likeness (QED) is 0.0716. The zero-order valence-corrected chi connectivity index (χ0v) is 32.3. The van der Waals surface area contributed by atoms with Crippen molar-refractivity contribution in [3.63, 3.8) is 0 Å². The van der Waals surface area contributed by atoms with Crippen LogP contribution in [0.3, 0.4) is 0 Å². The van der Waals surface area contributed by atoms with Gasteiger partial charge in [0.15, 0.2) is 5.69 Å². The summed E-state index contributed by atoms with van der Waals surface area (Å²) in [6.07, 6.45) is -0.587. The third-order valence-corrected chi connectivity index (χ3v) is 10.1. The second kappa shape index (κ2) is 19.0. The molecule has 0 fully saturated rings. The van der Waals surface area contributed by atoms with Crippen molar-refractivity contribution in [1.82, 2.24) is 24.8 Å². The Balaban J connectivity index is 1.34. The Morgan fingerprint density at radius 3 is 2.19 bits per heavy atom. The van der Waals surface area contributed by atoms with Gasteiger partial charge in [-0.25, -0.2) is 24.5 Å². The number of rotatable bonds is 16. The first-order valence-corrected chi connectivity index (χ1v) is 19.6. The SMILES string of the molecule is CCNC(=O)Nc1cc(-c2nc(C(F)(F)F)cs2)c(-c2cnc3c(c2)c(=O)c(C(=O)OCC)cn3CCOP(OCc2ccccc2)OCc2ccccc2)cn1. The zero-order valence-electron chi connectivity index (χ0n) is 30.6. The predicted octanol–water partition coefficient (Wildman–Crippen LogP) is 8.60. The molecule has 6 rings (SSSR count). The molecule has 0 bridgehead atoms. The molecule has 0 atom stereocenters. The maximum Gasteiger partial charge on any atom is 0.434 e. The van der Waals surface area contributed by atoms with Crippen LogP contribution in [-0.2, 0) is 44.2 Å². The number of pyridine rings is 3. The van der Waals surface area contributed by atoms with E-state index in [-0.39, 0.29) is 77.1 Å². The smallest absolute Gasteiger partial charge is 0.434 e. The standard InChI is InChI=1S/C39H36F3N6O7PS/c1-3-43-38(51)47-33-18-28(36-46-32(24-57-36)39(40,41)42)30(20-44-33)27-17-29-34(49)31(37(50)52-4-2)21-48(35(29)45-19-27)15-16-53-56(54-22-25-11-7-5-8-12-25)55-23-26-13-9-6-10-14-26/h5-14,17-21,24H,3-4,15-16,22-23H2,1-2H3,(H2,43,44,47,51). The largest absolute Gasteiger partial charge is 0.462 e. The molecule has 4 heterocycles. The van der Waals surface area contributed by atoms with Gasteiger partial charge in [0.1, 0.15) is 22.0 Å². The number of hydrogen-bond donors (Lipinski definition) is 2. The maximum atomic E-state index is 13.9. The molecule has 2 N–H and O–H groups in total. The summed E-state index contributed by atoms with van der Waals surface area (Å²) in [5, 5.41) is 6.00. The average molecular weight is 821 g/mol. The average Bonchev–Trinajstić information content (AvgIpc) is 3.72. The van der Waals surface area contributed by atoms with E-state index in [2.05, 4.69) is 25.6 Å². The Morgan fingerprint density at radius 2 is 1.58 bits per heavy atom. The van der Waals surface area contributed by atoms with Crippen LogP contribution in [-0.4, -0.2) is 51.3 Å². The number of thiazole rings is 1. The number of hydrogen-bond acceptors (Lipinski definition) is 11. The van der Waals surface area contributed by atoms with Crippen molar-refractivity contribution in [1.29, 1.82) is 0 Å². The molecule has 0 unspecified atom stereocenters. The van der Waals surface area contributed by atoms with Crippen molar-refractivity contribution in [2.45, 2.75) is 39.8 Å². The molecular formula is C39H36F3N6O7PS. The summed E-state index contributed by atoms with van der Waals surface area (Å²) >= 11 is 0.745.